The summed E-state index contributed by atoms with van der Waals surface area (Å²) in [4.78, 5) is 19.1. The number of hydrogen-bond donors (Lipinski definition) is 3. The van der Waals surface area contributed by atoms with Gasteiger partial charge in [0.15, 0.2) is 0 Å². The molecule has 0 saturated carbocycles. The van der Waals surface area contributed by atoms with E-state index >= 15 is 0 Å². The van der Waals surface area contributed by atoms with Gasteiger partial charge >= 0.3 is 0 Å². The van der Waals surface area contributed by atoms with Crippen molar-refractivity contribution in [2.45, 2.75) is 25.7 Å². The molecule has 130 valence electrons. The summed E-state index contributed by atoms with van der Waals surface area (Å²) in [5.41, 5.74) is 7.71. The van der Waals surface area contributed by atoms with Gasteiger partial charge < -0.3 is 16.0 Å². The van der Waals surface area contributed by atoms with E-state index in [0.29, 0.717) is 12.2 Å². The van der Waals surface area contributed by atoms with Gasteiger partial charge in [0.1, 0.15) is 5.82 Å². The summed E-state index contributed by atoms with van der Waals surface area (Å²) in [7, 11) is 0. The molecule has 5 nitrogen and oxygen atoms in total. The van der Waals surface area contributed by atoms with E-state index in [0.717, 1.165) is 16.6 Å². The molecule has 0 aliphatic rings. The van der Waals surface area contributed by atoms with Crippen molar-refractivity contribution in [1.82, 2.24) is 15.3 Å². The van der Waals surface area contributed by atoms with Crippen LogP contribution in [0.15, 0.2) is 18.2 Å². The van der Waals surface area contributed by atoms with Crippen molar-refractivity contribution < 1.29 is 13.6 Å². The lowest BCUT2D eigenvalue weighted by Crippen LogP contribution is -2.41. The number of rotatable bonds is 6. The molecule has 0 saturated heterocycles. The highest BCUT2D eigenvalue weighted by atomic mass is 35.5. The average molecular weight is 369 g/mol. The van der Waals surface area contributed by atoms with Crippen molar-refractivity contribution in [3.8, 4) is 0 Å². The number of fused-ring (bicyclic) bond motifs is 1. The first-order valence-electron chi connectivity index (χ1n) is 6.70. The van der Waals surface area contributed by atoms with Crippen molar-refractivity contribution in [1.29, 1.82) is 0 Å². The number of nitrogens with two attached hydrogens (primary N) is 1. The molecule has 23 heavy (non-hydrogen) atoms. The lowest BCUT2D eigenvalue weighted by atomic mass is 10.2. The van der Waals surface area contributed by atoms with Gasteiger partial charge in [-0.3, -0.25) is 4.79 Å². The monoisotopic (exact) mass is 368 g/mol. The molecule has 9 heteroatoms. The molecular weight excluding hydrogens is 349 g/mol. The van der Waals surface area contributed by atoms with E-state index in [1.165, 1.54) is 0 Å². The normalized spacial score (nSPS) is 10.8. The Kier molecular flexibility index (Phi) is 8.44. The van der Waals surface area contributed by atoms with Crippen LogP contribution in [0.25, 0.3) is 11.0 Å². The molecule has 1 amide bonds. The largest absolute Gasteiger partial charge is 0.350 e. The third-order valence-corrected chi connectivity index (χ3v) is 3.20. The number of aromatic nitrogens is 2. The van der Waals surface area contributed by atoms with Crippen LogP contribution in [0.4, 0.5) is 8.78 Å². The zero-order chi connectivity index (χ0) is 15.5. The van der Waals surface area contributed by atoms with Gasteiger partial charge in [0.2, 0.25) is 5.91 Å². The maximum absolute atomic E-state index is 12.9. The van der Waals surface area contributed by atoms with Gasteiger partial charge in [0, 0.05) is 12.8 Å². The Morgan fingerprint density at radius 1 is 1.39 bits per heavy atom. The molecule has 0 unspecified atom stereocenters. The second-order valence-electron chi connectivity index (χ2n) is 4.99. The standard InChI is InChI=1S/C14H18F2N4O.2ClH/c1-9-3-2-4-10-13(9)20-11(19-10)5-6-12(21)18-8-14(15,16)7-17;;/h2-4H,5-8,17H2,1H3,(H,18,21)(H,19,20);2*1H. The van der Waals surface area contributed by atoms with E-state index in [-0.39, 0.29) is 31.2 Å². The van der Waals surface area contributed by atoms with Crippen molar-refractivity contribution in [2.75, 3.05) is 13.1 Å². The summed E-state index contributed by atoms with van der Waals surface area (Å²) < 4.78 is 25.8. The highest BCUT2D eigenvalue weighted by molar-refractivity contribution is 5.85. The number of aryl methyl sites for hydroxylation is 2. The van der Waals surface area contributed by atoms with Crippen LogP contribution in [0.3, 0.4) is 0 Å². The summed E-state index contributed by atoms with van der Waals surface area (Å²) in [5.74, 6) is -2.84. The molecule has 1 aromatic heterocycles. The van der Waals surface area contributed by atoms with Crippen LogP contribution in [-0.4, -0.2) is 34.9 Å². The number of carbonyl (C=O) groups is 1. The minimum Gasteiger partial charge on any atom is -0.350 e. The van der Waals surface area contributed by atoms with Gasteiger partial charge in [0.25, 0.3) is 5.92 Å². The maximum atomic E-state index is 12.9. The van der Waals surface area contributed by atoms with Gasteiger partial charge in [-0.25, -0.2) is 13.8 Å². The summed E-state index contributed by atoms with van der Waals surface area (Å²) >= 11 is 0. The highest BCUT2D eigenvalue weighted by Gasteiger charge is 2.27. The number of nitrogens with zero attached hydrogens (tertiary/aromatic N) is 1. The number of nitrogens with one attached hydrogen (secondary N) is 2. The van der Waals surface area contributed by atoms with E-state index in [4.69, 9.17) is 5.73 Å². The van der Waals surface area contributed by atoms with E-state index in [2.05, 4.69) is 15.3 Å². The van der Waals surface area contributed by atoms with Crippen molar-refractivity contribution in [3.05, 3.63) is 29.6 Å². The number of benzene rings is 1. The van der Waals surface area contributed by atoms with Gasteiger partial charge in [-0.2, -0.15) is 0 Å². The van der Waals surface area contributed by atoms with Crippen molar-refractivity contribution >= 4 is 41.8 Å². The molecule has 0 aliphatic carbocycles. The smallest absolute Gasteiger partial charge is 0.277 e. The first-order valence-corrected chi connectivity index (χ1v) is 6.70. The maximum Gasteiger partial charge on any atom is 0.277 e. The molecule has 1 heterocycles. The second kappa shape index (κ2) is 9.00. The molecule has 0 fully saturated rings. The minimum absolute atomic E-state index is 0. The van der Waals surface area contributed by atoms with E-state index in [1.54, 1.807) is 0 Å². The lowest BCUT2D eigenvalue weighted by Gasteiger charge is -2.14. The Hall–Kier alpha value is -1.44. The van der Waals surface area contributed by atoms with Crippen LogP contribution in [0.5, 0.6) is 0 Å². The fourth-order valence-corrected chi connectivity index (χ4v) is 1.97. The highest BCUT2D eigenvalue weighted by Crippen LogP contribution is 2.16. The summed E-state index contributed by atoms with van der Waals surface area (Å²) in [6.07, 6.45) is 0.466. The van der Waals surface area contributed by atoms with Gasteiger partial charge in [-0.15, -0.1) is 24.8 Å². The first-order chi connectivity index (χ1) is 9.91. The number of para-hydroxylation sites is 1. The Morgan fingerprint density at radius 2 is 2.09 bits per heavy atom. The van der Waals surface area contributed by atoms with Crippen LogP contribution in [-0.2, 0) is 11.2 Å². The number of alkyl halides is 2. The Balaban J connectivity index is 0.00000242. The van der Waals surface area contributed by atoms with E-state index < -0.39 is 24.9 Å². The summed E-state index contributed by atoms with van der Waals surface area (Å²) in [5, 5.41) is 2.18. The van der Waals surface area contributed by atoms with Gasteiger partial charge in [-0.05, 0) is 18.6 Å². The number of hydrogen-bond acceptors (Lipinski definition) is 3. The Labute approximate surface area is 145 Å². The van der Waals surface area contributed by atoms with Crippen LogP contribution in [0.2, 0.25) is 0 Å². The molecule has 0 atom stereocenters. The van der Waals surface area contributed by atoms with Crippen LogP contribution < -0.4 is 11.1 Å². The lowest BCUT2D eigenvalue weighted by molar-refractivity contribution is -0.122. The number of aromatic amines is 1. The van der Waals surface area contributed by atoms with Crippen LogP contribution in [0, 0.1) is 6.92 Å². The van der Waals surface area contributed by atoms with Crippen LogP contribution in [0.1, 0.15) is 17.8 Å². The first kappa shape index (κ1) is 21.6. The second-order valence-corrected chi connectivity index (χ2v) is 4.99. The third-order valence-electron chi connectivity index (χ3n) is 3.20. The molecule has 0 spiro atoms. The number of imidazole rings is 1. The topological polar surface area (TPSA) is 83.8 Å². The zero-order valence-electron chi connectivity index (χ0n) is 12.6. The number of carbonyl (C=O) groups excluding carboxylic acids is 1. The van der Waals surface area contributed by atoms with Gasteiger partial charge in [0.05, 0.1) is 24.1 Å². The molecule has 2 rings (SSSR count). The zero-order valence-corrected chi connectivity index (χ0v) is 14.2. The minimum atomic E-state index is -3.06. The quantitative estimate of drug-likeness (QED) is 0.731. The Bertz CT molecular complexity index is 649. The molecule has 0 bridgehead atoms. The van der Waals surface area contributed by atoms with E-state index in [9.17, 15) is 13.6 Å². The fraction of sp³-hybridized carbons (Fsp3) is 0.429. The molecule has 1 aromatic carbocycles. The SMILES string of the molecule is Cc1cccc2[nH]c(CCC(=O)NCC(F)(F)CN)nc12.Cl.Cl. The third kappa shape index (κ3) is 5.93. The van der Waals surface area contributed by atoms with E-state index in [1.807, 2.05) is 25.1 Å². The predicted molar refractivity (Wildman–Crippen MR) is 90.7 cm³/mol. The van der Waals surface area contributed by atoms with Crippen molar-refractivity contribution in [2.24, 2.45) is 5.73 Å². The Morgan fingerprint density at radius 3 is 2.70 bits per heavy atom. The average Bonchev–Trinajstić information content (AvgIpc) is 2.88. The number of amides is 1. The predicted octanol–water partition coefficient (Wildman–Crippen LogP) is 2.36. The summed E-state index contributed by atoms with van der Waals surface area (Å²) in [6.45, 7) is 0.437. The van der Waals surface area contributed by atoms with Gasteiger partial charge in [-0.1, -0.05) is 12.1 Å². The van der Waals surface area contributed by atoms with Crippen molar-refractivity contribution in [3.63, 3.8) is 0 Å². The number of H-pyrrole nitrogens is 1. The number of halogens is 4. The molecule has 0 radical (unpaired) electrons. The summed E-state index contributed by atoms with van der Waals surface area (Å²) in [6, 6.07) is 5.77. The molecule has 2 aromatic rings. The fourth-order valence-electron chi connectivity index (χ4n) is 1.97. The molecular formula is C14H20Cl2F2N4O. The molecule has 4 N–H and O–H groups in total. The molecule has 0 aliphatic heterocycles. The van der Waals surface area contributed by atoms with Crippen LogP contribution >= 0.6 is 24.8 Å².